The molecule has 0 aromatic heterocycles. The molecule has 0 bridgehead atoms. The van der Waals surface area contributed by atoms with Gasteiger partial charge >= 0.3 is 0 Å². The van der Waals surface area contributed by atoms with Gasteiger partial charge in [-0.25, -0.2) is 0 Å². The van der Waals surface area contributed by atoms with E-state index < -0.39 is 0 Å². The van der Waals surface area contributed by atoms with E-state index in [1.807, 2.05) is 31.2 Å². The molecule has 1 aliphatic rings. The molecular weight excluding hydrogens is 202 g/mol. The van der Waals surface area contributed by atoms with Crippen molar-refractivity contribution in [2.75, 3.05) is 13.2 Å². The molecule has 16 heavy (non-hydrogen) atoms. The Morgan fingerprint density at radius 1 is 1.31 bits per heavy atom. The van der Waals surface area contributed by atoms with Crippen molar-refractivity contribution < 1.29 is 9.47 Å². The standard InChI is InChI=1S/C13H19NO2/c1-2-15-11-4-3-5-12(8-11)16-9-13(14)10-6-7-10/h3-5,8,10,13H,2,6-7,9,14H2,1H3/t13-/m0/s1. The smallest absolute Gasteiger partial charge is 0.123 e. The van der Waals surface area contributed by atoms with Gasteiger partial charge in [-0.3, -0.25) is 0 Å². The zero-order chi connectivity index (χ0) is 11.4. The Kier molecular flexibility index (Phi) is 3.67. The van der Waals surface area contributed by atoms with Crippen LogP contribution in [-0.4, -0.2) is 19.3 Å². The molecule has 0 spiro atoms. The van der Waals surface area contributed by atoms with Crippen LogP contribution in [0.25, 0.3) is 0 Å². The average Bonchev–Trinajstić information content (AvgIpc) is 3.11. The molecule has 2 rings (SSSR count). The summed E-state index contributed by atoms with van der Waals surface area (Å²) in [5.41, 5.74) is 5.97. The van der Waals surface area contributed by atoms with Gasteiger partial charge in [0.1, 0.15) is 18.1 Å². The molecule has 0 radical (unpaired) electrons. The largest absolute Gasteiger partial charge is 0.494 e. The second kappa shape index (κ2) is 5.21. The van der Waals surface area contributed by atoms with E-state index in [9.17, 15) is 0 Å². The third-order valence-corrected chi connectivity index (χ3v) is 2.79. The lowest BCUT2D eigenvalue weighted by atomic mass is 10.2. The Hall–Kier alpha value is -1.22. The molecule has 1 aromatic rings. The molecule has 1 fully saturated rings. The van der Waals surface area contributed by atoms with Crippen molar-refractivity contribution in [3.05, 3.63) is 24.3 Å². The van der Waals surface area contributed by atoms with Crippen LogP contribution in [0.3, 0.4) is 0 Å². The molecule has 0 amide bonds. The van der Waals surface area contributed by atoms with Gasteiger partial charge in [0.2, 0.25) is 0 Å². The van der Waals surface area contributed by atoms with E-state index in [4.69, 9.17) is 15.2 Å². The van der Waals surface area contributed by atoms with Gasteiger partial charge in [-0.1, -0.05) is 6.07 Å². The molecule has 0 saturated heterocycles. The van der Waals surface area contributed by atoms with Gasteiger partial charge in [0.15, 0.2) is 0 Å². The first-order valence-corrected chi connectivity index (χ1v) is 5.91. The van der Waals surface area contributed by atoms with E-state index in [2.05, 4.69) is 0 Å². The summed E-state index contributed by atoms with van der Waals surface area (Å²) in [4.78, 5) is 0. The van der Waals surface area contributed by atoms with Crippen LogP contribution in [0.15, 0.2) is 24.3 Å². The minimum absolute atomic E-state index is 0.177. The number of benzene rings is 1. The quantitative estimate of drug-likeness (QED) is 0.801. The molecule has 1 atom stereocenters. The van der Waals surface area contributed by atoms with Crippen molar-refractivity contribution in [1.82, 2.24) is 0 Å². The molecule has 1 aliphatic carbocycles. The minimum Gasteiger partial charge on any atom is -0.494 e. The number of ether oxygens (including phenoxy) is 2. The van der Waals surface area contributed by atoms with E-state index in [0.29, 0.717) is 19.1 Å². The molecular formula is C13H19NO2. The van der Waals surface area contributed by atoms with E-state index in [-0.39, 0.29) is 6.04 Å². The highest BCUT2D eigenvalue weighted by molar-refractivity contribution is 5.32. The van der Waals surface area contributed by atoms with Crippen LogP contribution < -0.4 is 15.2 Å². The number of rotatable bonds is 6. The second-order valence-electron chi connectivity index (χ2n) is 4.22. The number of nitrogens with two attached hydrogens (primary N) is 1. The summed E-state index contributed by atoms with van der Waals surface area (Å²) in [6.07, 6.45) is 2.51. The van der Waals surface area contributed by atoms with Gasteiger partial charge in [0.05, 0.1) is 6.61 Å². The highest BCUT2D eigenvalue weighted by Gasteiger charge is 2.28. The summed E-state index contributed by atoms with van der Waals surface area (Å²) >= 11 is 0. The molecule has 1 saturated carbocycles. The van der Waals surface area contributed by atoms with Crippen LogP contribution >= 0.6 is 0 Å². The van der Waals surface area contributed by atoms with Gasteiger partial charge < -0.3 is 15.2 Å². The van der Waals surface area contributed by atoms with Crippen molar-refractivity contribution >= 4 is 0 Å². The lowest BCUT2D eigenvalue weighted by Crippen LogP contribution is -2.29. The minimum atomic E-state index is 0.177. The van der Waals surface area contributed by atoms with Crippen LogP contribution in [0, 0.1) is 5.92 Å². The fourth-order valence-corrected chi connectivity index (χ4v) is 1.67. The number of hydrogen-bond acceptors (Lipinski definition) is 3. The third kappa shape index (κ3) is 3.14. The molecule has 3 heteroatoms. The average molecular weight is 221 g/mol. The normalized spacial score (nSPS) is 16.9. The molecule has 0 aliphatic heterocycles. The molecule has 2 N–H and O–H groups in total. The summed E-state index contributed by atoms with van der Waals surface area (Å²) in [5, 5.41) is 0. The van der Waals surface area contributed by atoms with Crippen molar-refractivity contribution in [3.63, 3.8) is 0 Å². The zero-order valence-electron chi connectivity index (χ0n) is 9.69. The fourth-order valence-electron chi connectivity index (χ4n) is 1.67. The number of hydrogen-bond donors (Lipinski definition) is 1. The van der Waals surface area contributed by atoms with Crippen LogP contribution in [-0.2, 0) is 0 Å². The fraction of sp³-hybridized carbons (Fsp3) is 0.538. The Bertz CT molecular complexity index is 336. The molecule has 3 nitrogen and oxygen atoms in total. The first-order valence-electron chi connectivity index (χ1n) is 5.91. The van der Waals surface area contributed by atoms with E-state index in [0.717, 1.165) is 11.5 Å². The summed E-state index contributed by atoms with van der Waals surface area (Å²) in [5.74, 6) is 2.36. The predicted octanol–water partition coefficient (Wildman–Crippen LogP) is 2.20. The monoisotopic (exact) mass is 221 g/mol. The lowest BCUT2D eigenvalue weighted by molar-refractivity contribution is 0.273. The van der Waals surface area contributed by atoms with Crippen LogP contribution in [0.1, 0.15) is 19.8 Å². The molecule has 88 valence electrons. The maximum Gasteiger partial charge on any atom is 0.123 e. The maximum atomic E-state index is 5.97. The van der Waals surface area contributed by atoms with E-state index in [1.165, 1.54) is 12.8 Å². The van der Waals surface area contributed by atoms with Gasteiger partial charge in [-0.2, -0.15) is 0 Å². The summed E-state index contributed by atoms with van der Waals surface area (Å²) < 4.78 is 11.1. The highest BCUT2D eigenvalue weighted by atomic mass is 16.5. The Labute approximate surface area is 96.5 Å². The zero-order valence-corrected chi connectivity index (χ0v) is 9.69. The van der Waals surface area contributed by atoms with Crippen molar-refractivity contribution in [1.29, 1.82) is 0 Å². The van der Waals surface area contributed by atoms with Gasteiger partial charge in [-0.15, -0.1) is 0 Å². The SMILES string of the molecule is CCOc1cccc(OC[C@H](N)C2CC2)c1. The molecule has 0 unspecified atom stereocenters. The molecule has 0 heterocycles. The van der Waals surface area contributed by atoms with Crippen LogP contribution in [0.4, 0.5) is 0 Å². The maximum absolute atomic E-state index is 5.97. The summed E-state index contributed by atoms with van der Waals surface area (Å²) in [7, 11) is 0. The Morgan fingerprint density at radius 2 is 2.00 bits per heavy atom. The van der Waals surface area contributed by atoms with E-state index in [1.54, 1.807) is 0 Å². The Morgan fingerprint density at radius 3 is 2.62 bits per heavy atom. The van der Waals surface area contributed by atoms with Crippen molar-refractivity contribution in [2.45, 2.75) is 25.8 Å². The second-order valence-corrected chi connectivity index (χ2v) is 4.22. The van der Waals surface area contributed by atoms with Crippen LogP contribution in [0.5, 0.6) is 11.5 Å². The Balaban J connectivity index is 1.85. The first-order chi connectivity index (χ1) is 7.79. The predicted molar refractivity (Wildman–Crippen MR) is 63.8 cm³/mol. The van der Waals surface area contributed by atoms with Crippen molar-refractivity contribution in [2.24, 2.45) is 11.7 Å². The summed E-state index contributed by atoms with van der Waals surface area (Å²) in [6, 6.07) is 7.88. The van der Waals surface area contributed by atoms with Crippen molar-refractivity contribution in [3.8, 4) is 11.5 Å². The van der Waals surface area contributed by atoms with Gasteiger partial charge in [-0.05, 0) is 37.8 Å². The third-order valence-electron chi connectivity index (χ3n) is 2.79. The van der Waals surface area contributed by atoms with Gasteiger partial charge in [0, 0.05) is 12.1 Å². The topological polar surface area (TPSA) is 44.5 Å². The van der Waals surface area contributed by atoms with Crippen LogP contribution in [0.2, 0.25) is 0 Å². The first kappa shape index (κ1) is 11.3. The lowest BCUT2D eigenvalue weighted by Gasteiger charge is -2.12. The molecule has 1 aromatic carbocycles. The van der Waals surface area contributed by atoms with E-state index >= 15 is 0 Å². The summed E-state index contributed by atoms with van der Waals surface area (Å²) in [6.45, 7) is 3.24. The highest BCUT2D eigenvalue weighted by Crippen LogP contribution is 2.31. The van der Waals surface area contributed by atoms with Gasteiger partial charge in [0.25, 0.3) is 0 Å².